The summed E-state index contributed by atoms with van der Waals surface area (Å²) in [5, 5.41) is 3.45. The predicted molar refractivity (Wildman–Crippen MR) is 100 cm³/mol. The highest BCUT2D eigenvalue weighted by Gasteiger charge is 2.25. The minimum absolute atomic E-state index is 0.317. The zero-order valence-electron chi connectivity index (χ0n) is 13.0. The summed E-state index contributed by atoms with van der Waals surface area (Å²) in [4.78, 5) is 9.72. The Bertz CT molecular complexity index is 864. The van der Waals surface area contributed by atoms with Crippen molar-refractivity contribution in [1.29, 1.82) is 0 Å². The number of thioether (sulfide) groups is 1. The van der Waals surface area contributed by atoms with Crippen LogP contribution in [0, 0.1) is 6.92 Å². The van der Waals surface area contributed by atoms with E-state index >= 15 is 0 Å². The lowest BCUT2D eigenvalue weighted by Crippen LogP contribution is -2.16. The van der Waals surface area contributed by atoms with Crippen molar-refractivity contribution in [1.82, 2.24) is 4.98 Å². The number of benzene rings is 2. The molecule has 1 atom stereocenters. The maximum Gasteiger partial charge on any atom is 0.150 e. The molecule has 0 saturated carbocycles. The van der Waals surface area contributed by atoms with Crippen molar-refractivity contribution in [3.8, 4) is 10.6 Å². The fraction of sp³-hybridized carbons (Fsp3) is 0.158. The number of nitrogens with zero attached hydrogens (tertiary/aromatic N) is 2. The second kappa shape index (κ2) is 5.95. The standard InChI is InChI=1S/C19H16N2S2/c1-12-8-10-15(11-9-12)17-21-19-18(23-17)20-16(13(2)22-19)14-6-4-3-5-7-14/h3-11,13H,1-2H3. The molecule has 0 bridgehead atoms. The smallest absolute Gasteiger partial charge is 0.150 e. The first-order valence-corrected chi connectivity index (χ1v) is 9.29. The second-order valence-electron chi connectivity index (χ2n) is 5.62. The van der Waals surface area contributed by atoms with Crippen molar-refractivity contribution < 1.29 is 0 Å². The summed E-state index contributed by atoms with van der Waals surface area (Å²) in [6.07, 6.45) is 0. The highest BCUT2D eigenvalue weighted by Crippen LogP contribution is 2.45. The second-order valence-corrected chi connectivity index (χ2v) is 7.93. The quantitative estimate of drug-likeness (QED) is 0.597. The van der Waals surface area contributed by atoms with E-state index in [0.717, 1.165) is 20.7 Å². The number of aliphatic imine (C=N–C) groups is 1. The molecule has 3 aromatic rings. The van der Waals surface area contributed by atoms with Crippen molar-refractivity contribution in [3.63, 3.8) is 0 Å². The van der Waals surface area contributed by atoms with Gasteiger partial charge in [0, 0.05) is 5.56 Å². The molecule has 0 N–H and O–H groups in total. The van der Waals surface area contributed by atoms with E-state index in [-0.39, 0.29) is 0 Å². The lowest BCUT2D eigenvalue weighted by atomic mass is 10.1. The van der Waals surface area contributed by atoms with Gasteiger partial charge in [-0.2, -0.15) is 0 Å². The van der Waals surface area contributed by atoms with Gasteiger partial charge in [0.2, 0.25) is 0 Å². The maximum absolute atomic E-state index is 4.91. The summed E-state index contributed by atoms with van der Waals surface area (Å²) in [6, 6.07) is 19.0. The van der Waals surface area contributed by atoms with Crippen LogP contribution in [0.15, 0.2) is 64.6 Å². The Labute approximate surface area is 144 Å². The third-order valence-corrected chi connectivity index (χ3v) is 6.06. The maximum atomic E-state index is 4.91. The molecule has 4 rings (SSSR count). The van der Waals surface area contributed by atoms with E-state index in [0.29, 0.717) is 5.25 Å². The molecule has 1 unspecified atom stereocenters. The fourth-order valence-electron chi connectivity index (χ4n) is 2.60. The predicted octanol–water partition coefficient (Wildman–Crippen LogP) is 5.73. The molecule has 0 fully saturated rings. The van der Waals surface area contributed by atoms with Gasteiger partial charge in [-0.1, -0.05) is 83.3 Å². The van der Waals surface area contributed by atoms with E-state index < -0.39 is 0 Å². The lowest BCUT2D eigenvalue weighted by Gasteiger charge is -2.18. The van der Waals surface area contributed by atoms with Gasteiger partial charge in [0.05, 0.1) is 11.0 Å². The third kappa shape index (κ3) is 2.84. The van der Waals surface area contributed by atoms with Crippen LogP contribution in [-0.2, 0) is 0 Å². The van der Waals surface area contributed by atoms with Crippen LogP contribution in [0.5, 0.6) is 0 Å². The van der Waals surface area contributed by atoms with Crippen LogP contribution in [0.3, 0.4) is 0 Å². The van der Waals surface area contributed by atoms with E-state index in [9.17, 15) is 0 Å². The summed E-state index contributed by atoms with van der Waals surface area (Å²) in [5.41, 5.74) is 4.77. The molecule has 0 amide bonds. The van der Waals surface area contributed by atoms with Gasteiger partial charge >= 0.3 is 0 Å². The van der Waals surface area contributed by atoms with Crippen LogP contribution in [0.25, 0.3) is 10.6 Å². The Morgan fingerprint density at radius 2 is 1.65 bits per heavy atom. The molecule has 2 heterocycles. The summed E-state index contributed by atoms with van der Waals surface area (Å²) in [5.74, 6) is 0. The van der Waals surface area contributed by atoms with Gasteiger partial charge in [-0.25, -0.2) is 9.98 Å². The Kier molecular flexibility index (Phi) is 3.79. The van der Waals surface area contributed by atoms with E-state index in [4.69, 9.17) is 9.98 Å². The summed E-state index contributed by atoms with van der Waals surface area (Å²) in [6.45, 7) is 4.30. The van der Waals surface area contributed by atoms with E-state index in [1.165, 1.54) is 16.7 Å². The van der Waals surface area contributed by atoms with Crippen molar-refractivity contribution in [2.45, 2.75) is 24.1 Å². The van der Waals surface area contributed by atoms with Crippen LogP contribution in [0.1, 0.15) is 18.1 Å². The van der Waals surface area contributed by atoms with E-state index in [2.05, 4.69) is 62.4 Å². The average Bonchev–Trinajstić information content (AvgIpc) is 2.98. The topological polar surface area (TPSA) is 25.2 Å². The Morgan fingerprint density at radius 3 is 2.39 bits per heavy atom. The molecule has 0 radical (unpaired) electrons. The normalized spacial score (nSPS) is 16.8. The fourth-order valence-corrected chi connectivity index (χ4v) is 4.70. The number of thiazole rings is 1. The highest BCUT2D eigenvalue weighted by molar-refractivity contribution is 8.01. The molecular weight excluding hydrogens is 320 g/mol. The van der Waals surface area contributed by atoms with Crippen molar-refractivity contribution >= 4 is 33.8 Å². The lowest BCUT2D eigenvalue weighted by molar-refractivity contribution is 1.15. The number of aryl methyl sites for hydroxylation is 1. The van der Waals surface area contributed by atoms with Gasteiger partial charge in [0.15, 0.2) is 5.00 Å². The van der Waals surface area contributed by atoms with Crippen LogP contribution in [0.2, 0.25) is 0 Å². The van der Waals surface area contributed by atoms with Gasteiger partial charge in [-0.3, -0.25) is 0 Å². The largest absolute Gasteiger partial charge is 0.238 e. The first kappa shape index (κ1) is 14.7. The van der Waals surface area contributed by atoms with E-state index in [1.54, 1.807) is 23.1 Å². The Morgan fingerprint density at radius 1 is 0.913 bits per heavy atom. The average molecular weight is 336 g/mol. The third-order valence-electron chi connectivity index (χ3n) is 3.84. The van der Waals surface area contributed by atoms with Gasteiger partial charge in [0.1, 0.15) is 10.0 Å². The number of hydrogen-bond acceptors (Lipinski definition) is 4. The van der Waals surface area contributed by atoms with Crippen molar-refractivity contribution in [3.05, 3.63) is 65.7 Å². The zero-order valence-corrected chi connectivity index (χ0v) is 14.6. The number of aromatic nitrogens is 1. The summed E-state index contributed by atoms with van der Waals surface area (Å²) in [7, 11) is 0. The molecule has 23 heavy (non-hydrogen) atoms. The molecule has 0 aliphatic carbocycles. The molecule has 1 aliphatic rings. The molecule has 2 nitrogen and oxygen atoms in total. The van der Waals surface area contributed by atoms with Crippen LogP contribution in [-0.4, -0.2) is 15.9 Å². The molecular formula is C19H16N2S2. The molecule has 0 spiro atoms. The minimum Gasteiger partial charge on any atom is -0.238 e. The molecule has 114 valence electrons. The molecule has 4 heteroatoms. The Hall–Kier alpha value is -1.91. The first-order valence-electron chi connectivity index (χ1n) is 7.59. The number of rotatable bonds is 2. The van der Waals surface area contributed by atoms with Crippen LogP contribution in [0.4, 0.5) is 5.00 Å². The molecule has 0 saturated heterocycles. The highest BCUT2D eigenvalue weighted by atomic mass is 32.2. The van der Waals surface area contributed by atoms with Crippen molar-refractivity contribution in [2.24, 2.45) is 4.99 Å². The van der Waals surface area contributed by atoms with Crippen LogP contribution >= 0.6 is 23.1 Å². The van der Waals surface area contributed by atoms with E-state index in [1.807, 2.05) is 6.07 Å². The minimum atomic E-state index is 0.317. The molecule has 1 aromatic heterocycles. The molecule has 2 aromatic carbocycles. The number of hydrogen-bond donors (Lipinski definition) is 0. The number of fused-ring (bicyclic) bond motifs is 1. The summed E-state index contributed by atoms with van der Waals surface area (Å²) >= 11 is 3.48. The van der Waals surface area contributed by atoms with Gasteiger partial charge in [-0.15, -0.1) is 0 Å². The first-order chi connectivity index (χ1) is 11.2. The SMILES string of the molecule is Cc1ccc(-c2nc3c(s2)N=C(c2ccccc2)C(C)S3)cc1. The monoisotopic (exact) mass is 336 g/mol. The van der Waals surface area contributed by atoms with Crippen molar-refractivity contribution in [2.75, 3.05) is 0 Å². The van der Waals surface area contributed by atoms with Gasteiger partial charge in [0.25, 0.3) is 0 Å². The van der Waals surface area contributed by atoms with Crippen LogP contribution < -0.4 is 0 Å². The molecule has 1 aliphatic heterocycles. The zero-order chi connectivity index (χ0) is 15.8. The van der Waals surface area contributed by atoms with Gasteiger partial charge < -0.3 is 0 Å². The Balaban J connectivity index is 1.75. The summed E-state index contributed by atoms with van der Waals surface area (Å²) < 4.78 is 0. The van der Waals surface area contributed by atoms with Gasteiger partial charge in [-0.05, 0) is 19.4 Å².